The van der Waals surface area contributed by atoms with Crippen LogP contribution in [0.2, 0.25) is 0 Å². The second kappa shape index (κ2) is 67.8. The Morgan fingerprint density at radius 1 is 0.411 bits per heavy atom. The molecule has 7 unspecified atom stereocenters. The van der Waals surface area contributed by atoms with Gasteiger partial charge in [-0.1, -0.05) is 319 Å². The summed E-state index contributed by atoms with van der Waals surface area (Å²) in [5.74, 6) is -0.178. The van der Waals surface area contributed by atoms with Crippen LogP contribution in [0.5, 0.6) is 0 Å². The van der Waals surface area contributed by atoms with Crippen LogP contribution in [0.15, 0.2) is 60.8 Å². The first-order chi connectivity index (χ1) is 44.2. The SMILES string of the molecule is CCCCCC/C=C\C/C=C\CCCCCCCCCC(=O)OCCCCCCCCCCCCC/C=C\C/C=C\CCCCCCCCCCCCCCCCCCCC(=O)NC(COC1OC(CO)C(O)C(O)C1O)C(O)/C=C/CCCCCCCCC. The molecule has 1 heterocycles. The number of hydrogen-bond donors (Lipinski definition) is 6. The summed E-state index contributed by atoms with van der Waals surface area (Å²) in [7, 11) is 0. The number of aliphatic hydroxyl groups is 5. The van der Waals surface area contributed by atoms with Crippen molar-refractivity contribution in [1.82, 2.24) is 5.32 Å². The van der Waals surface area contributed by atoms with Gasteiger partial charge < -0.3 is 45.1 Å². The van der Waals surface area contributed by atoms with Gasteiger partial charge in [0.1, 0.15) is 24.4 Å². The Kier molecular flexibility index (Phi) is 64.3. The first kappa shape index (κ1) is 85.4. The van der Waals surface area contributed by atoms with Crippen LogP contribution in [0.1, 0.15) is 367 Å². The molecule has 1 aliphatic heterocycles. The molecular weight excluding hydrogens is 1120 g/mol. The van der Waals surface area contributed by atoms with Crippen LogP contribution in [0, 0.1) is 0 Å². The molecule has 90 heavy (non-hydrogen) atoms. The molecule has 0 aliphatic carbocycles. The number of rotatable bonds is 68. The van der Waals surface area contributed by atoms with Gasteiger partial charge >= 0.3 is 5.97 Å². The van der Waals surface area contributed by atoms with Gasteiger partial charge in [-0.25, -0.2) is 0 Å². The third-order valence-corrected chi connectivity index (χ3v) is 18.1. The van der Waals surface area contributed by atoms with E-state index in [1.165, 1.54) is 270 Å². The average molecular weight is 1270 g/mol. The highest BCUT2D eigenvalue weighted by Gasteiger charge is 2.44. The maximum atomic E-state index is 13.0. The van der Waals surface area contributed by atoms with E-state index in [1.54, 1.807) is 6.08 Å². The highest BCUT2D eigenvalue weighted by atomic mass is 16.7. The molecule has 7 atom stereocenters. The van der Waals surface area contributed by atoms with Crippen LogP contribution < -0.4 is 5.32 Å². The zero-order valence-electron chi connectivity index (χ0n) is 58.6. The molecule has 0 spiro atoms. The fraction of sp³-hybridized carbons (Fsp3) is 0.848. The standard InChI is InChI=1S/C79H145NO10/c1-3-5-7-9-11-13-14-15-16-17-38-41-44-47-51-55-59-63-67-75(84)88-68-64-60-56-52-48-45-42-39-36-34-32-30-28-26-24-22-20-18-19-21-23-25-27-29-31-33-35-37-40-43-46-50-54-58-62-66-74(83)80-71(72(82)65-61-57-53-49-12-10-8-6-4-2)70-89-79-78(87)77(86)76(85)73(69-81)90-79/h13-14,16-17,20,22,26,28,61,65,71-73,76-79,81-82,85-87H,3-12,15,18-19,21,23-25,27,29-60,62-64,66-70H2,1-2H3,(H,80,83)/b14-13-,17-16-,22-20-,28-26-,65-61+. The quantitative estimate of drug-likeness (QED) is 0.0195. The molecule has 1 fully saturated rings. The zero-order valence-corrected chi connectivity index (χ0v) is 58.6. The fourth-order valence-corrected chi connectivity index (χ4v) is 12.0. The van der Waals surface area contributed by atoms with Gasteiger partial charge in [-0.3, -0.25) is 9.59 Å². The second-order valence-corrected chi connectivity index (χ2v) is 26.7. The minimum absolute atomic E-state index is 0.00274. The van der Waals surface area contributed by atoms with Crippen LogP contribution in [0.25, 0.3) is 0 Å². The maximum absolute atomic E-state index is 13.0. The Morgan fingerprint density at radius 2 is 0.744 bits per heavy atom. The van der Waals surface area contributed by atoms with Gasteiger partial charge in [-0.2, -0.15) is 0 Å². The Labute approximate surface area is 554 Å². The van der Waals surface area contributed by atoms with Gasteiger partial charge in [0.05, 0.1) is 32.0 Å². The van der Waals surface area contributed by atoms with E-state index in [0.717, 1.165) is 70.6 Å². The van der Waals surface area contributed by atoms with E-state index < -0.39 is 49.5 Å². The third kappa shape index (κ3) is 55.8. The lowest BCUT2D eigenvalue weighted by atomic mass is 9.99. The van der Waals surface area contributed by atoms with E-state index in [-0.39, 0.29) is 18.5 Å². The maximum Gasteiger partial charge on any atom is 0.305 e. The molecule has 0 bridgehead atoms. The smallest absolute Gasteiger partial charge is 0.305 e. The number of amides is 1. The van der Waals surface area contributed by atoms with Gasteiger partial charge in [0.25, 0.3) is 0 Å². The molecule has 0 aromatic heterocycles. The predicted octanol–water partition coefficient (Wildman–Crippen LogP) is 20.5. The highest BCUT2D eigenvalue weighted by molar-refractivity contribution is 5.76. The number of ether oxygens (including phenoxy) is 3. The first-order valence-corrected chi connectivity index (χ1v) is 38.6. The van der Waals surface area contributed by atoms with E-state index in [0.29, 0.717) is 19.4 Å². The lowest BCUT2D eigenvalue weighted by molar-refractivity contribution is -0.302. The van der Waals surface area contributed by atoms with Gasteiger partial charge in [-0.15, -0.1) is 0 Å². The fourth-order valence-electron chi connectivity index (χ4n) is 12.0. The molecule has 0 aromatic carbocycles. The van der Waals surface area contributed by atoms with E-state index in [4.69, 9.17) is 14.2 Å². The summed E-state index contributed by atoms with van der Waals surface area (Å²) in [6.45, 7) is 4.33. The number of nitrogens with one attached hydrogen (secondary N) is 1. The summed E-state index contributed by atoms with van der Waals surface area (Å²) >= 11 is 0. The molecule has 526 valence electrons. The Morgan fingerprint density at radius 3 is 1.13 bits per heavy atom. The molecule has 1 amide bonds. The zero-order chi connectivity index (χ0) is 65.1. The molecule has 0 saturated carbocycles. The largest absolute Gasteiger partial charge is 0.466 e. The lowest BCUT2D eigenvalue weighted by Gasteiger charge is -2.40. The van der Waals surface area contributed by atoms with Crippen molar-refractivity contribution in [2.75, 3.05) is 19.8 Å². The summed E-state index contributed by atoms with van der Waals surface area (Å²) in [6.07, 6.45) is 81.1. The number of aliphatic hydroxyl groups excluding tert-OH is 5. The first-order valence-electron chi connectivity index (χ1n) is 38.6. The number of carbonyl (C=O) groups excluding carboxylic acids is 2. The Bertz CT molecular complexity index is 1680. The third-order valence-electron chi connectivity index (χ3n) is 18.1. The molecular formula is C79H145NO10. The van der Waals surface area contributed by atoms with Crippen LogP contribution in [0.3, 0.4) is 0 Å². The van der Waals surface area contributed by atoms with Crippen molar-refractivity contribution < 1.29 is 49.3 Å². The van der Waals surface area contributed by atoms with Crippen molar-refractivity contribution in [2.24, 2.45) is 0 Å². The van der Waals surface area contributed by atoms with E-state index in [1.807, 2.05) is 6.08 Å². The second-order valence-electron chi connectivity index (χ2n) is 26.7. The minimum Gasteiger partial charge on any atom is -0.466 e. The molecule has 0 aromatic rings. The van der Waals surface area contributed by atoms with Gasteiger partial charge in [0, 0.05) is 12.8 Å². The van der Waals surface area contributed by atoms with Crippen molar-refractivity contribution in [1.29, 1.82) is 0 Å². The molecule has 1 saturated heterocycles. The van der Waals surface area contributed by atoms with Crippen molar-refractivity contribution in [2.45, 2.75) is 410 Å². The van der Waals surface area contributed by atoms with Crippen molar-refractivity contribution >= 4 is 11.9 Å². The molecule has 6 N–H and O–H groups in total. The van der Waals surface area contributed by atoms with Crippen molar-refractivity contribution in [3.05, 3.63) is 60.8 Å². The average Bonchev–Trinajstić information content (AvgIpc) is 1.62. The monoisotopic (exact) mass is 1270 g/mol. The van der Waals surface area contributed by atoms with Gasteiger partial charge in [0.2, 0.25) is 5.91 Å². The molecule has 0 radical (unpaired) electrons. The summed E-state index contributed by atoms with van der Waals surface area (Å²) in [6, 6.07) is -0.808. The number of hydrogen-bond acceptors (Lipinski definition) is 10. The highest BCUT2D eigenvalue weighted by Crippen LogP contribution is 2.23. The van der Waals surface area contributed by atoms with Gasteiger partial charge in [0.15, 0.2) is 6.29 Å². The van der Waals surface area contributed by atoms with Crippen molar-refractivity contribution in [3.8, 4) is 0 Å². The van der Waals surface area contributed by atoms with Crippen LogP contribution >= 0.6 is 0 Å². The molecule has 11 nitrogen and oxygen atoms in total. The van der Waals surface area contributed by atoms with Crippen LogP contribution in [0.4, 0.5) is 0 Å². The van der Waals surface area contributed by atoms with Gasteiger partial charge in [-0.05, 0) is 96.3 Å². The van der Waals surface area contributed by atoms with E-state index in [2.05, 4.69) is 67.8 Å². The summed E-state index contributed by atoms with van der Waals surface area (Å²) < 4.78 is 16.7. The van der Waals surface area contributed by atoms with E-state index in [9.17, 15) is 35.1 Å². The Hall–Kier alpha value is -2.64. The molecule has 11 heteroatoms. The molecule has 1 rings (SSSR count). The van der Waals surface area contributed by atoms with Crippen molar-refractivity contribution in [3.63, 3.8) is 0 Å². The lowest BCUT2D eigenvalue weighted by Crippen LogP contribution is -2.60. The predicted molar refractivity (Wildman–Crippen MR) is 380 cm³/mol. The number of allylic oxidation sites excluding steroid dienone is 9. The normalized spacial score (nSPS) is 18.0. The Balaban J connectivity index is 1.88. The minimum atomic E-state index is -1.57. The summed E-state index contributed by atoms with van der Waals surface area (Å²) in [5.41, 5.74) is 0. The van der Waals surface area contributed by atoms with E-state index >= 15 is 0 Å². The topological polar surface area (TPSA) is 175 Å². The number of unbranched alkanes of at least 4 members (excludes halogenated alkanes) is 46. The number of carbonyl (C=O) groups is 2. The molecule has 1 aliphatic rings. The van der Waals surface area contributed by atoms with Crippen LogP contribution in [-0.4, -0.2) is 100 Å². The van der Waals surface area contributed by atoms with Crippen LogP contribution in [-0.2, 0) is 23.8 Å². The number of esters is 1. The summed E-state index contributed by atoms with van der Waals surface area (Å²) in [4.78, 5) is 25.1. The summed E-state index contributed by atoms with van der Waals surface area (Å²) in [5, 5.41) is 54.3.